The van der Waals surface area contributed by atoms with Gasteiger partial charge in [-0.25, -0.2) is 4.79 Å². The third-order valence-electron chi connectivity index (χ3n) is 3.30. The minimum Gasteiger partial charge on any atom is -0.508 e. The van der Waals surface area contributed by atoms with Gasteiger partial charge in [-0.1, -0.05) is 29.8 Å². The number of phenolic OH excluding ortho intramolecular Hbond substituents is 1. The summed E-state index contributed by atoms with van der Waals surface area (Å²) in [6.07, 6.45) is 0.218. The van der Waals surface area contributed by atoms with Crippen LogP contribution in [0.1, 0.15) is 15.9 Å². The van der Waals surface area contributed by atoms with Crippen LogP contribution in [0.4, 0.5) is 0 Å². The number of phenols is 1. The van der Waals surface area contributed by atoms with E-state index in [1.807, 2.05) is 0 Å². The lowest BCUT2D eigenvalue weighted by molar-refractivity contribution is -0.142. The molecule has 0 unspecified atom stereocenters. The van der Waals surface area contributed by atoms with Gasteiger partial charge in [0.2, 0.25) is 0 Å². The first-order valence-electron chi connectivity index (χ1n) is 6.92. The Morgan fingerprint density at radius 3 is 2.43 bits per heavy atom. The fraction of sp³-hybridized carbons (Fsp3) is 0.176. The average Bonchev–Trinajstić information content (AvgIpc) is 2.56. The zero-order valence-corrected chi connectivity index (χ0v) is 13.2. The molecule has 23 heavy (non-hydrogen) atoms. The van der Waals surface area contributed by atoms with Crippen LogP contribution >= 0.6 is 11.6 Å². The van der Waals surface area contributed by atoms with E-state index in [-0.39, 0.29) is 12.2 Å². The molecule has 1 atom stereocenters. The molecular weight excluding hydrogens is 318 g/mol. The Bertz CT molecular complexity index is 700. The van der Waals surface area contributed by atoms with Crippen molar-refractivity contribution in [2.75, 3.05) is 7.11 Å². The number of hydrogen-bond donors (Lipinski definition) is 2. The van der Waals surface area contributed by atoms with Gasteiger partial charge in [0, 0.05) is 17.0 Å². The van der Waals surface area contributed by atoms with Crippen LogP contribution in [0.25, 0.3) is 0 Å². The number of carbonyl (C=O) groups excluding carboxylic acids is 2. The van der Waals surface area contributed by atoms with Crippen molar-refractivity contribution in [2.45, 2.75) is 12.5 Å². The lowest BCUT2D eigenvalue weighted by Gasteiger charge is -2.17. The number of benzene rings is 2. The quantitative estimate of drug-likeness (QED) is 0.825. The lowest BCUT2D eigenvalue weighted by Crippen LogP contribution is -2.43. The van der Waals surface area contributed by atoms with Gasteiger partial charge in [0.1, 0.15) is 11.8 Å². The van der Waals surface area contributed by atoms with E-state index in [4.69, 9.17) is 16.3 Å². The molecule has 2 aromatic carbocycles. The zero-order valence-electron chi connectivity index (χ0n) is 12.5. The van der Waals surface area contributed by atoms with E-state index in [0.717, 1.165) is 5.56 Å². The molecule has 0 aliphatic heterocycles. The van der Waals surface area contributed by atoms with E-state index < -0.39 is 17.9 Å². The number of halogens is 1. The van der Waals surface area contributed by atoms with Crippen molar-refractivity contribution in [2.24, 2.45) is 0 Å². The number of nitrogens with one attached hydrogen (secondary N) is 1. The highest BCUT2D eigenvalue weighted by Crippen LogP contribution is 2.17. The third-order valence-corrected chi connectivity index (χ3v) is 3.67. The number of amides is 1. The SMILES string of the molecule is COC(=O)[C@H](Cc1ccccc1Cl)NC(=O)c1ccc(O)cc1. The number of hydrogen-bond acceptors (Lipinski definition) is 4. The second-order valence-corrected chi connectivity index (χ2v) is 5.30. The summed E-state index contributed by atoms with van der Waals surface area (Å²) in [7, 11) is 1.26. The molecule has 0 saturated heterocycles. The standard InChI is InChI=1S/C17H16ClNO4/c1-23-17(22)15(10-12-4-2-3-5-14(12)18)19-16(21)11-6-8-13(20)9-7-11/h2-9,15,20H,10H2,1H3,(H,19,21)/t15-/m0/s1. The predicted molar refractivity (Wildman–Crippen MR) is 86.5 cm³/mol. The minimum atomic E-state index is -0.860. The maximum Gasteiger partial charge on any atom is 0.328 e. The normalized spacial score (nSPS) is 11.6. The summed E-state index contributed by atoms with van der Waals surface area (Å²) >= 11 is 6.09. The van der Waals surface area contributed by atoms with Gasteiger partial charge in [-0.2, -0.15) is 0 Å². The van der Waals surface area contributed by atoms with Crippen molar-refractivity contribution < 1.29 is 19.4 Å². The molecule has 2 N–H and O–H groups in total. The van der Waals surface area contributed by atoms with Gasteiger partial charge in [0.15, 0.2) is 0 Å². The Hall–Kier alpha value is -2.53. The molecule has 0 radical (unpaired) electrons. The minimum absolute atomic E-state index is 0.0575. The molecule has 0 aromatic heterocycles. The molecule has 0 aliphatic rings. The fourth-order valence-corrected chi connectivity index (χ4v) is 2.29. The van der Waals surface area contributed by atoms with E-state index >= 15 is 0 Å². The molecule has 5 nitrogen and oxygen atoms in total. The lowest BCUT2D eigenvalue weighted by atomic mass is 10.1. The van der Waals surface area contributed by atoms with Crippen LogP contribution in [0.5, 0.6) is 5.75 Å². The van der Waals surface area contributed by atoms with E-state index in [9.17, 15) is 14.7 Å². The maximum atomic E-state index is 12.2. The number of carbonyl (C=O) groups is 2. The predicted octanol–water partition coefficient (Wildman–Crippen LogP) is 2.56. The van der Waals surface area contributed by atoms with Crippen LogP contribution in [0.15, 0.2) is 48.5 Å². The molecule has 2 rings (SSSR count). The summed E-state index contributed by atoms with van der Waals surface area (Å²) in [5.74, 6) is -0.938. The molecule has 2 aromatic rings. The monoisotopic (exact) mass is 333 g/mol. The molecule has 120 valence electrons. The molecule has 0 saturated carbocycles. The van der Waals surface area contributed by atoms with Crippen LogP contribution in [0.3, 0.4) is 0 Å². The first kappa shape index (κ1) is 16.8. The Morgan fingerprint density at radius 2 is 1.83 bits per heavy atom. The second-order valence-electron chi connectivity index (χ2n) is 4.89. The second kappa shape index (κ2) is 7.65. The molecular formula is C17H16ClNO4. The molecule has 0 bridgehead atoms. The number of aromatic hydroxyl groups is 1. The summed E-state index contributed by atoms with van der Waals surface area (Å²) in [6, 6.07) is 12.0. The van der Waals surface area contributed by atoms with Crippen molar-refractivity contribution in [1.29, 1.82) is 0 Å². The van der Waals surface area contributed by atoms with Crippen LogP contribution in [-0.4, -0.2) is 30.1 Å². The Kier molecular flexibility index (Phi) is 5.60. The molecule has 0 aliphatic carbocycles. The molecule has 0 spiro atoms. The van der Waals surface area contributed by atoms with Crippen LogP contribution in [0, 0.1) is 0 Å². The van der Waals surface area contributed by atoms with Gasteiger partial charge in [-0.15, -0.1) is 0 Å². The summed E-state index contributed by atoms with van der Waals surface area (Å²) in [4.78, 5) is 24.2. The van der Waals surface area contributed by atoms with Gasteiger partial charge in [0.25, 0.3) is 5.91 Å². The van der Waals surface area contributed by atoms with Crippen LogP contribution in [-0.2, 0) is 16.0 Å². The van der Waals surface area contributed by atoms with E-state index in [1.54, 1.807) is 24.3 Å². The van der Waals surface area contributed by atoms with Gasteiger partial charge in [0.05, 0.1) is 7.11 Å². The van der Waals surface area contributed by atoms with E-state index in [2.05, 4.69) is 5.32 Å². The summed E-state index contributed by atoms with van der Waals surface area (Å²) in [5, 5.41) is 12.4. The van der Waals surface area contributed by atoms with Gasteiger partial charge < -0.3 is 15.2 Å². The van der Waals surface area contributed by atoms with Crippen LogP contribution < -0.4 is 5.32 Å². The van der Waals surface area contributed by atoms with Crippen molar-refractivity contribution in [3.63, 3.8) is 0 Å². The molecule has 0 fully saturated rings. The van der Waals surface area contributed by atoms with Crippen molar-refractivity contribution in [3.8, 4) is 5.75 Å². The van der Waals surface area contributed by atoms with Gasteiger partial charge >= 0.3 is 5.97 Å². The van der Waals surface area contributed by atoms with Crippen molar-refractivity contribution in [1.82, 2.24) is 5.32 Å². The first-order valence-corrected chi connectivity index (χ1v) is 7.30. The van der Waals surface area contributed by atoms with E-state index in [1.165, 1.54) is 31.4 Å². The third kappa shape index (κ3) is 4.47. The Morgan fingerprint density at radius 1 is 1.17 bits per heavy atom. The largest absolute Gasteiger partial charge is 0.508 e. The number of esters is 1. The molecule has 6 heteroatoms. The van der Waals surface area contributed by atoms with Gasteiger partial charge in [-0.05, 0) is 35.9 Å². The Labute approximate surface area is 138 Å². The smallest absolute Gasteiger partial charge is 0.328 e. The molecule has 0 heterocycles. The number of ether oxygens (including phenoxy) is 1. The Balaban J connectivity index is 2.16. The number of methoxy groups -OCH3 is 1. The zero-order chi connectivity index (χ0) is 16.8. The highest BCUT2D eigenvalue weighted by atomic mass is 35.5. The highest BCUT2D eigenvalue weighted by Gasteiger charge is 2.23. The fourth-order valence-electron chi connectivity index (χ4n) is 2.07. The van der Waals surface area contributed by atoms with Gasteiger partial charge in [-0.3, -0.25) is 4.79 Å². The maximum absolute atomic E-state index is 12.2. The summed E-state index contributed by atoms with van der Waals surface area (Å²) in [6.45, 7) is 0. The van der Waals surface area contributed by atoms with Crippen molar-refractivity contribution in [3.05, 3.63) is 64.7 Å². The average molecular weight is 334 g/mol. The first-order chi connectivity index (χ1) is 11.0. The summed E-state index contributed by atoms with van der Waals surface area (Å²) in [5.41, 5.74) is 1.06. The summed E-state index contributed by atoms with van der Waals surface area (Å²) < 4.78 is 4.74. The van der Waals surface area contributed by atoms with Crippen molar-refractivity contribution >= 4 is 23.5 Å². The number of rotatable bonds is 5. The highest BCUT2D eigenvalue weighted by molar-refractivity contribution is 6.31. The molecule has 1 amide bonds. The topological polar surface area (TPSA) is 75.6 Å². The van der Waals surface area contributed by atoms with Crippen LogP contribution in [0.2, 0.25) is 5.02 Å². The van der Waals surface area contributed by atoms with E-state index in [0.29, 0.717) is 10.6 Å².